The fraction of sp³-hybridized carbons (Fsp3) is 0.450. The van der Waals surface area contributed by atoms with Gasteiger partial charge < -0.3 is 10.3 Å². The van der Waals surface area contributed by atoms with Crippen molar-refractivity contribution in [2.45, 2.75) is 58.4 Å². The van der Waals surface area contributed by atoms with Gasteiger partial charge in [-0.15, -0.1) is 0 Å². The smallest absolute Gasteiger partial charge is 0.0867 e. The highest BCUT2D eigenvalue weighted by Gasteiger charge is 2.29. The van der Waals surface area contributed by atoms with Crippen molar-refractivity contribution in [2.75, 3.05) is 4.90 Å². The molecule has 1 N–H and O–H groups in total. The standard InChI is InChI=1S/C20H28N2/c1-19(2,3)16-11-9-12-17(20(4,5)6)18(16)22-13-8-7-10-15(22)14-21/h7-15,21H,1-6H3. The van der Waals surface area contributed by atoms with Crippen LogP contribution in [0.5, 0.6) is 0 Å². The minimum atomic E-state index is -0.0189. The minimum absolute atomic E-state index is 0.0189. The maximum Gasteiger partial charge on any atom is 0.0867 e. The SMILES string of the molecule is CC(C)(C)c1cccc(C(C)(C)C)c1N1C=CC=CC1C=N. The molecule has 1 aromatic rings. The van der Waals surface area contributed by atoms with Crippen molar-refractivity contribution in [1.29, 1.82) is 5.41 Å². The second-order valence-electron chi connectivity index (χ2n) is 7.99. The second-order valence-corrected chi connectivity index (χ2v) is 7.99. The van der Waals surface area contributed by atoms with Gasteiger partial charge in [-0.25, -0.2) is 0 Å². The second kappa shape index (κ2) is 5.75. The van der Waals surface area contributed by atoms with Gasteiger partial charge >= 0.3 is 0 Å². The van der Waals surface area contributed by atoms with Crippen LogP contribution in [-0.2, 0) is 10.8 Å². The van der Waals surface area contributed by atoms with Gasteiger partial charge in [0, 0.05) is 18.1 Å². The molecule has 0 radical (unpaired) electrons. The van der Waals surface area contributed by atoms with E-state index >= 15 is 0 Å². The zero-order chi connectivity index (χ0) is 16.5. The van der Waals surface area contributed by atoms with Gasteiger partial charge in [0.25, 0.3) is 0 Å². The summed E-state index contributed by atoms with van der Waals surface area (Å²) in [5.41, 5.74) is 4.01. The molecule has 0 fully saturated rings. The number of nitrogens with zero attached hydrogens (tertiary/aromatic N) is 1. The van der Waals surface area contributed by atoms with Crippen LogP contribution in [0.1, 0.15) is 52.7 Å². The summed E-state index contributed by atoms with van der Waals surface area (Å²) in [5.74, 6) is 0. The highest BCUT2D eigenvalue weighted by Crippen LogP contribution is 2.41. The van der Waals surface area contributed by atoms with Crippen molar-refractivity contribution in [1.82, 2.24) is 0 Å². The third kappa shape index (κ3) is 3.16. The fourth-order valence-corrected chi connectivity index (χ4v) is 2.90. The van der Waals surface area contributed by atoms with Gasteiger partial charge in [-0.3, -0.25) is 0 Å². The lowest BCUT2D eigenvalue weighted by molar-refractivity contribution is 0.567. The molecular weight excluding hydrogens is 268 g/mol. The first-order valence-corrected chi connectivity index (χ1v) is 7.94. The summed E-state index contributed by atoms with van der Waals surface area (Å²) in [4.78, 5) is 2.23. The van der Waals surface area contributed by atoms with E-state index in [4.69, 9.17) is 5.41 Å². The summed E-state index contributed by atoms with van der Waals surface area (Å²) in [6.07, 6.45) is 9.73. The maximum absolute atomic E-state index is 7.78. The van der Waals surface area contributed by atoms with E-state index in [1.54, 1.807) is 0 Å². The molecule has 0 bridgehead atoms. The van der Waals surface area contributed by atoms with Crippen LogP contribution < -0.4 is 4.90 Å². The van der Waals surface area contributed by atoms with E-state index in [0.717, 1.165) is 0 Å². The number of hydrogen-bond donors (Lipinski definition) is 1. The summed E-state index contributed by atoms with van der Waals surface area (Å²) in [6, 6.07) is 6.58. The van der Waals surface area contributed by atoms with Crippen molar-refractivity contribution in [3.63, 3.8) is 0 Å². The molecule has 0 saturated heterocycles. The number of benzene rings is 1. The normalized spacial score (nSPS) is 18.6. The first-order valence-electron chi connectivity index (χ1n) is 7.94. The van der Waals surface area contributed by atoms with E-state index in [1.165, 1.54) is 23.0 Å². The molecule has 0 spiro atoms. The van der Waals surface area contributed by atoms with E-state index in [2.05, 4.69) is 76.9 Å². The van der Waals surface area contributed by atoms with Crippen LogP contribution in [0.3, 0.4) is 0 Å². The Kier molecular flexibility index (Phi) is 4.32. The number of rotatable bonds is 2. The topological polar surface area (TPSA) is 27.1 Å². The van der Waals surface area contributed by atoms with Crippen molar-refractivity contribution in [3.05, 3.63) is 53.8 Å². The summed E-state index contributed by atoms with van der Waals surface area (Å²) in [6.45, 7) is 13.5. The minimum Gasteiger partial charge on any atom is -0.336 e. The van der Waals surface area contributed by atoms with Crippen LogP contribution in [-0.4, -0.2) is 12.3 Å². The van der Waals surface area contributed by atoms with Crippen LogP contribution in [0, 0.1) is 5.41 Å². The molecule has 0 aromatic heterocycles. The Morgan fingerprint density at radius 2 is 1.50 bits per heavy atom. The maximum atomic E-state index is 7.78. The predicted octanol–water partition coefficient (Wildman–Crippen LogP) is 5.19. The monoisotopic (exact) mass is 296 g/mol. The Morgan fingerprint density at radius 1 is 0.955 bits per heavy atom. The van der Waals surface area contributed by atoms with E-state index in [-0.39, 0.29) is 16.9 Å². The summed E-state index contributed by atoms with van der Waals surface area (Å²) in [7, 11) is 0. The van der Waals surface area contributed by atoms with E-state index < -0.39 is 0 Å². The Bertz CT molecular complexity index is 577. The number of nitrogens with one attached hydrogen (secondary N) is 1. The summed E-state index contributed by atoms with van der Waals surface area (Å²) in [5, 5.41) is 7.78. The molecule has 1 unspecified atom stereocenters. The van der Waals surface area contributed by atoms with Crippen LogP contribution in [0.4, 0.5) is 5.69 Å². The zero-order valence-electron chi connectivity index (χ0n) is 14.6. The van der Waals surface area contributed by atoms with Crippen LogP contribution in [0.25, 0.3) is 0 Å². The first kappa shape index (κ1) is 16.5. The molecule has 0 aliphatic carbocycles. The molecule has 1 heterocycles. The van der Waals surface area contributed by atoms with E-state index in [9.17, 15) is 0 Å². The summed E-state index contributed by atoms with van der Waals surface area (Å²) < 4.78 is 0. The van der Waals surface area contributed by atoms with Gasteiger partial charge in [0.2, 0.25) is 0 Å². The molecule has 2 nitrogen and oxygen atoms in total. The van der Waals surface area contributed by atoms with Gasteiger partial charge in [0.05, 0.1) is 6.04 Å². The number of para-hydroxylation sites is 1. The Hall–Kier alpha value is -1.83. The molecular formula is C20H28N2. The lowest BCUT2D eigenvalue weighted by atomic mass is 9.78. The number of anilines is 1. The molecule has 22 heavy (non-hydrogen) atoms. The Balaban J connectivity index is 2.73. The lowest BCUT2D eigenvalue weighted by Gasteiger charge is -2.38. The fourth-order valence-electron chi connectivity index (χ4n) is 2.90. The molecule has 2 heteroatoms. The average Bonchev–Trinajstić information content (AvgIpc) is 2.44. The molecule has 1 aliphatic heterocycles. The lowest BCUT2D eigenvalue weighted by Crippen LogP contribution is -2.35. The van der Waals surface area contributed by atoms with E-state index in [1.807, 2.05) is 12.2 Å². The summed E-state index contributed by atoms with van der Waals surface area (Å²) >= 11 is 0. The number of hydrogen-bond acceptors (Lipinski definition) is 2. The Morgan fingerprint density at radius 3 is 1.95 bits per heavy atom. The highest BCUT2D eigenvalue weighted by molar-refractivity contribution is 5.77. The van der Waals surface area contributed by atoms with Gasteiger partial charge in [0.1, 0.15) is 0 Å². The predicted molar refractivity (Wildman–Crippen MR) is 97.2 cm³/mol. The molecule has 0 amide bonds. The van der Waals surface area contributed by atoms with Crippen LogP contribution >= 0.6 is 0 Å². The van der Waals surface area contributed by atoms with Crippen molar-refractivity contribution in [2.24, 2.45) is 0 Å². The molecule has 1 aliphatic rings. The quantitative estimate of drug-likeness (QED) is 0.747. The van der Waals surface area contributed by atoms with Crippen molar-refractivity contribution < 1.29 is 0 Å². The van der Waals surface area contributed by atoms with Crippen LogP contribution in [0.15, 0.2) is 42.6 Å². The molecule has 2 rings (SSSR count). The first-order chi connectivity index (χ1) is 10.2. The van der Waals surface area contributed by atoms with Gasteiger partial charge in [-0.05, 0) is 28.0 Å². The molecule has 1 aromatic carbocycles. The largest absolute Gasteiger partial charge is 0.336 e. The number of allylic oxidation sites excluding steroid dienone is 2. The molecule has 118 valence electrons. The highest BCUT2D eigenvalue weighted by atomic mass is 15.2. The third-order valence-corrected chi connectivity index (χ3v) is 4.07. The van der Waals surface area contributed by atoms with Gasteiger partial charge in [-0.2, -0.15) is 0 Å². The van der Waals surface area contributed by atoms with Gasteiger partial charge in [0.15, 0.2) is 0 Å². The van der Waals surface area contributed by atoms with E-state index in [0.29, 0.717) is 0 Å². The van der Waals surface area contributed by atoms with Gasteiger partial charge in [-0.1, -0.05) is 71.9 Å². The molecule has 1 atom stereocenters. The van der Waals surface area contributed by atoms with Crippen molar-refractivity contribution >= 4 is 11.9 Å². The molecule has 0 saturated carbocycles. The zero-order valence-corrected chi connectivity index (χ0v) is 14.6. The van der Waals surface area contributed by atoms with Crippen molar-refractivity contribution in [3.8, 4) is 0 Å². The average molecular weight is 296 g/mol. The van der Waals surface area contributed by atoms with Crippen LogP contribution in [0.2, 0.25) is 0 Å². The third-order valence-electron chi connectivity index (χ3n) is 4.07. The Labute approximate surface area is 135 Å².